The molecule has 416 valence electrons. The number of hydrogen-bond donors (Lipinski definition) is 5. The summed E-state index contributed by atoms with van der Waals surface area (Å²) >= 11 is 0. The fourth-order valence-electron chi connectivity index (χ4n) is 3.73. The van der Waals surface area contributed by atoms with Gasteiger partial charge in [-0.2, -0.15) is 0 Å². The van der Waals surface area contributed by atoms with Gasteiger partial charge in [-0.15, -0.1) is 0 Å². The van der Waals surface area contributed by atoms with Crippen LogP contribution in [0.4, 0.5) is 4.79 Å². The van der Waals surface area contributed by atoms with Gasteiger partial charge in [-0.3, -0.25) is 43.2 Å². The van der Waals surface area contributed by atoms with Crippen molar-refractivity contribution in [2.75, 3.05) is 7.05 Å². The van der Waals surface area contributed by atoms with Crippen LogP contribution in [0.5, 0.6) is 0 Å². The number of nitrogens with one attached hydrogen (secondary N) is 4. The number of carbonyl (C=O) groups excluding carboxylic acids is 10. The number of primary amides is 1. The molecule has 4 amide bonds. The number of Topliss-reactive ketones (excluding diaryl/α,β-unsaturated/α-hetero) is 7. The lowest BCUT2D eigenvalue weighted by atomic mass is 9.88. The van der Waals surface area contributed by atoms with Crippen LogP contribution in [0.15, 0.2) is 12.5 Å². The summed E-state index contributed by atoms with van der Waals surface area (Å²) in [6.07, 6.45) is 4.43. The Bertz CT molecular complexity index is 1720. The number of nitrogens with two attached hydrogens (primary N) is 1. The molecule has 71 heavy (non-hydrogen) atoms. The third kappa shape index (κ3) is 59.3. The van der Waals surface area contributed by atoms with E-state index in [1.54, 1.807) is 33.9 Å². The van der Waals surface area contributed by atoms with E-state index in [9.17, 15) is 47.9 Å². The Balaban J connectivity index is -0.000000133. The minimum Gasteiger partial charge on any atom is -0.359 e. The molecule has 0 fully saturated rings. The maximum Gasteiger partial charge on any atom is 0.312 e. The quantitative estimate of drug-likeness (QED) is 0.127. The van der Waals surface area contributed by atoms with Gasteiger partial charge in [0.1, 0.15) is 40.4 Å². The molecule has 0 aliphatic rings. The van der Waals surface area contributed by atoms with Crippen LogP contribution in [0.25, 0.3) is 0 Å². The standard InChI is InChI=1S/C8H12N2O.C8H15NO2.C8H14O2.2C7H14O.C6H13NO.C6H12O.C5H12N2O/c1-8(2,3)7(11)6-4-9-5-10-6;1-8(2,3)6(10)5-7(11)9-4;1-6(9)5-7(10)8(2,3)4;2*1-5-6(8)7(2,3)4;1-5(8)7-6(2,3)4;1-5(7)6(2,3)4;1-5(2,3)7-4(6)8/h4-5H,1-3H3,(H,9,10);5H2,1-4H3,(H,9,11);5H2,1-4H3;2*5H2,1-4H3;1-4H3,(H,7,8);1-4H3;1-3H3,(H3,6,7,8). The Morgan fingerprint density at radius 1 is 0.493 bits per heavy atom. The van der Waals surface area contributed by atoms with Crippen LogP contribution in [0.2, 0.25) is 0 Å². The van der Waals surface area contributed by atoms with Gasteiger partial charge in [0.15, 0.2) is 5.78 Å². The topological polar surface area (TPSA) is 261 Å². The first-order valence-electron chi connectivity index (χ1n) is 24.2. The van der Waals surface area contributed by atoms with Gasteiger partial charge in [0.2, 0.25) is 11.8 Å². The highest BCUT2D eigenvalue weighted by molar-refractivity contribution is 6.01. The van der Waals surface area contributed by atoms with Crippen molar-refractivity contribution in [1.82, 2.24) is 25.9 Å². The zero-order chi connectivity index (χ0) is 59.1. The van der Waals surface area contributed by atoms with Crippen molar-refractivity contribution < 1.29 is 47.9 Å². The fraction of sp³-hybridized carbons (Fsp3) is 0.764. The van der Waals surface area contributed by atoms with E-state index in [1.807, 2.05) is 159 Å². The van der Waals surface area contributed by atoms with Gasteiger partial charge in [0.25, 0.3) is 0 Å². The molecule has 0 saturated heterocycles. The lowest BCUT2D eigenvalue weighted by molar-refractivity contribution is -0.133. The normalized spacial score (nSPS) is 11.2. The van der Waals surface area contributed by atoms with Crippen LogP contribution < -0.4 is 21.7 Å². The first-order chi connectivity index (χ1) is 31.0. The molecule has 6 N–H and O–H groups in total. The van der Waals surface area contributed by atoms with Crippen molar-refractivity contribution in [2.24, 2.45) is 38.2 Å². The summed E-state index contributed by atoms with van der Waals surface area (Å²) in [6, 6.07) is -0.475. The van der Waals surface area contributed by atoms with Crippen molar-refractivity contribution in [3.63, 3.8) is 0 Å². The van der Waals surface area contributed by atoms with Crippen molar-refractivity contribution in [1.29, 1.82) is 0 Å². The van der Waals surface area contributed by atoms with E-state index in [4.69, 9.17) is 5.73 Å². The van der Waals surface area contributed by atoms with E-state index >= 15 is 0 Å². The second-order valence-corrected chi connectivity index (χ2v) is 25.1. The highest BCUT2D eigenvalue weighted by atomic mass is 16.2. The average molecular weight is 1010 g/mol. The monoisotopic (exact) mass is 1010 g/mol. The largest absolute Gasteiger partial charge is 0.359 e. The van der Waals surface area contributed by atoms with Crippen molar-refractivity contribution in [3.05, 3.63) is 18.2 Å². The van der Waals surface area contributed by atoms with Crippen LogP contribution in [0.1, 0.15) is 237 Å². The van der Waals surface area contributed by atoms with E-state index in [0.29, 0.717) is 30.1 Å². The Kier molecular flexibility index (Phi) is 39.8. The summed E-state index contributed by atoms with van der Waals surface area (Å²) in [5.74, 6) is 0.733. The molecule has 0 aliphatic heterocycles. The fourth-order valence-corrected chi connectivity index (χ4v) is 3.73. The molecule has 0 spiro atoms. The Hall–Kier alpha value is -4.89. The lowest BCUT2D eigenvalue weighted by Gasteiger charge is -2.18. The van der Waals surface area contributed by atoms with Gasteiger partial charge in [0, 0.05) is 70.4 Å². The maximum absolute atomic E-state index is 11.5. The van der Waals surface area contributed by atoms with Crippen LogP contribution in [-0.4, -0.2) is 86.4 Å². The molecule has 0 saturated carbocycles. The highest BCUT2D eigenvalue weighted by Crippen LogP contribution is 2.20. The molecule has 0 radical (unpaired) electrons. The van der Waals surface area contributed by atoms with E-state index in [-0.39, 0.29) is 91.7 Å². The van der Waals surface area contributed by atoms with Crippen LogP contribution in [-0.2, 0) is 38.4 Å². The number of urea groups is 1. The summed E-state index contributed by atoms with van der Waals surface area (Å²) in [7, 11) is 1.53. The molecule has 1 rings (SSSR count). The second-order valence-electron chi connectivity index (χ2n) is 25.1. The lowest BCUT2D eigenvalue weighted by Crippen LogP contribution is -2.43. The second kappa shape index (κ2) is 35.3. The number of aromatic nitrogens is 2. The molecule has 0 unspecified atom stereocenters. The average Bonchev–Trinajstić information content (AvgIpc) is 3.66. The number of nitrogens with zero attached hydrogens (tertiary/aromatic N) is 1. The van der Waals surface area contributed by atoms with Crippen LogP contribution in [0, 0.1) is 32.5 Å². The Morgan fingerprint density at radius 3 is 0.915 bits per heavy atom. The molecule has 0 atom stereocenters. The number of imidazole rings is 1. The molecule has 1 heterocycles. The number of ketones is 7. The van der Waals surface area contributed by atoms with Gasteiger partial charge in [0.05, 0.1) is 25.4 Å². The molecule has 16 heteroatoms. The van der Waals surface area contributed by atoms with Crippen molar-refractivity contribution in [3.8, 4) is 0 Å². The smallest absolute Gasteiger partial charge is 0.312 e. The van der Waals surface area contributed by atoms with Crippen molar-refractivity contribution in [2.45, 2.75) is 238 Å². The zero-order valence-corrected chi connectivity index (χ0v) is 50.6. The first kappa shape index (κ1) is 80.2. The summed E-state index contributed by atoms with van der Waals surface area (Å²) < 4.78 is 0. The molecule has 1 aromatic rings. The molecular weight excluding hydrogens is 905 g/mol. The van der Waals surface area contributed by atoms with Gasteiger partial charge >= 0.3 is 6.03 Å². The predicted molar refractivity (Wildman–Crippen MR) is 291 cm³/mol. The number of aromatic amines is 1. The first-order valence-corrected chi connectivity index (χ1v) is 24.2. The zero-order valence-electron chi connectivity index (χ0n) is 50.6. The third-order valence-electron chi connectivity index (χ3n) is 8.53. The summed E-state index contributed by atoms with van der Waals surface area (Å²) in [6.45, 7) is 53.7. The van der Waals surface area contributed by atoms with E-state index in [2.05, 4.69) is 25.9 Å². The SMILES string of the molecule is CC(=O)C(C)(C)C.CC(=O)CC(=O)C(C)(C)C.CC(=O)NC(C)(C)C.CC(C)(C)C(=O)c1cnc[nH]1.CC(C)(C)NC(N)=O.CCC(=O)C(C)(C)C.CCC(=O)C(C)(C)C.CNC(=O)CC(=O)C(C)(C)C. The number of H-pyrrole nitrogens is 1. The van der Waals surface area contributed by atoms with Crippen molar-refractivity contribution >= 4 is 58.3 Å². The van der Waals surface area contributed by atoms with Gasteiger partial charge in [-0.05, 0) is 55.4 Å². The molecule has 0 aliphatic carbocycles. The number of carbonyl (C=O) groups is 10. The minimum atomic E-state index is -0.475. The number of hydrogen-bond acceptors (Lipinski definition) is 11. The summed E-state index contributed by atoms with van der Waals surface area (Å²) in [4.78, 5) is 114. The van der Waals surface area contributed by atoms with E-state index < -0.39 is 11.4 Å². The predicted octanol–water partition coefficient (Wildman–Crippen LogP) is 11.0. The number of rotatable bonds is 7. The third-order valence-corrected chi connectivity index (χ3v) is 8.53. The molecule has 0 aromatic carbocycles. The molecule has 0 bridgehead atoms. The number of amides is 4. The summed E-state index contributed by atoms with van der Waals surface area (Å²) in [5.41, 5.74) is 3.62. The molecular formula is C55H106N6O10. The Labute approximate surface area is 431 Å². The van der Waals surface area contributed by atoms with Gasteiger partial charge in [-0.1, -0.05) is 138 Å². The molecule has 16 nitrogen and oxygen atoms in total. The van der Waals surface area contributed by atoms with E-state index in [0.717, 1.165) is 0 Å². The molecule has 1 aromatic heterocycles. The summed E-state index contributed by atoms with van der Waals surface area (Å²) in [5, 5.41) is 7.67. The van der Waals surface area contributed by atoms with E-state index in [1.165, 1.54) is 27.2 Å². The van der Waals surface area contributed by atoms with Crippen LogP contribution in [0.3, 0.4) is 0 Å². The van der Waals surface area contributed by atoms with Gasteiger partial charge < -0.3 is 26.7 Å². The maximum atomic E-state index is 11.5. The minimum absolute atomic E-state index is 0.0139. The highest BCUT2D eigenvalue weighted by Gasteiger charge is 2.25. The van der Waals surface area contributed by atoms with Gasteiger partial charge in [-0.25, -0.2) is 9.78 Å². The Morgan fingerprint density at radius 2 is 0.803 bits per heavy atom. The van der Waals surface area contributed by atoms with Crippen LogP contribution >= 0.6 is 0 Å².